The number of alkyl halides is 3. The Bertz CT molecular complexity index is 1210. The molecule has 0 unspecified atom stereocenters. The highest BCUT2D eigenvalue weighted by atomic mass is 32.2. The van der Waals surface area contributed by atoms with Crippen LogP contribution in [0.5, 0.6) is 5.75 Å². The number of ether oxygens (including phenoxy) is 1. The molecule has 3 aromatic rings. The SMILES string of the molecule is O=C(O)COc1c(-c2ccccc2)cc(F)c(S(=O)(=O)c2ccccc2)c1C(F)(F)F. The number of hydrogen-bond acceptors (Lipinski definition) is 4. The third kappa shape index (κ3) is 4.53. The lowest BCUT2D eigenvalue weighted by Crippen LogP contribution is -2.20. The smallest absolute Gasteiger partial charge is 0.421 e. The van der Waals surface area contributed by atoms with Crippen molar-refractivity contribution in [2.24, 2.45) is 0 Å². The Morgan fingerprint density at radius 3 is 2.03 bits per heavy atom. The first-order chi connectivity index (χ1) is 14.5. The van der Waals surface area contributed by atoms with Crippen LogP contribution in [0.15, 0.2) is 76.5 Å². The summed E-state index contributed by atoms with van der Waals surface area (Å²) in [5, 5.41) is 8.89. The van der Waals surface area contributed by atoms with Crippen LogP contribution in [0.3, 0.4) is 0 Å². The van der Waals surface area contributed by atoms with Crippen molar-refractivity contribution in [3.8, 4) is 16.9 Å². The zero-order chi connectivity index (χ0) is 22.8. The average molecular weight is 454 g/mol. The molecule has 0 fully saturated rings. The van der Waals surface area contributed by atoms with Crippen LogP contribution in [-0.2, 0) is 20.8 Å². The Morgan fingerprint density at radius 2 is 1.52 bits per heavy atom. The minimum atomic E-state index is -5.38. The van der Waals surface area contributed by atoms with Crippen LogP contribution in [0.2, 0.25) is 0 Å². The monoisotopic (exact) mass is 454 g/mol. The fourth-order valence-corrected chi connectivity index (χ4v) is 4.51. The minimum absolute atomic E-state index is 0.0796. The van der Waals surface area contributed by atoms with Gasteiger partial charge in [0.2, 0.25) is 9.84 Å². The second-order valence-electron chi connectivity index (χ2n) is 6.30. The molecule has 0 radical (unpaired) electrons. The first-order valence-electron chi connectivity index (χ1n) is 8.67. The van der Waals surface area contributed by atoms with E-state index in [1.807, 2.05) is 0 Å². The molecular formula is C21H14F4O5S. The summed E-state index contributed by atoms with van der Waals surface area (Å²) in [5.41, 5.74) is -2.26. The molecule has 0 saturated heterocycles. The van der Waals surface area contributed by atoms with Crippen LogP contribution in [-0.4, -0.2) is 26.1 Å². The quantitative estimate of drug-likeness (QED) is 0.541. The molecule has 1 N–H and O–H groups in total. The molecule has 0 aliphatic rings. The average Bonchev–Trinajstić information content (AvgIpc) is 2.72. The van der Waals surface area contributed by atoms with Crippen LogP contribution in [0.25, 0.3) is 11.1 Å². The third-order valence-corrected chi connectivity index (χ3v) is 6.05. The Balaban J connectivity index is 2.42. The Labute approximate surface area is 174 Å². The van der Waals surface area contributed by atoms with E-state index in [4.69, 9.17) is 9.84 Å². The summed E-state index contributed by atoms with van der Waals surface area (Å²) in [6.45, 7) is -1.20. The first kappa shape index (κ1) is 22.3. The number of aliphatic carboxylic acids is 1. The van der Waals surface area contributed by atoms with Gasteiger partial charge in [-0.2, -0.15) is 13.2 Å². The standard InChI is InChI=1S/C21H14F4O5S/c22-16-11-15(13-7-3-1-4-8-13)19(30-12-17(26)27)18(21(23,24)25)20(16)31(28,29)14-9-5-2-6-10-14/h1-11H,12H2,(H,26,27). The summed E-state index contributed by atoms with van der Waals surface area (Å²) in [5.74, 6) is -4.32. The van der Waals surface area contributed by atoms with Gasteiger partial charge in [-0.25, -0.2) is 17.6 Å². The highest BCUT2D eigenvalue weighted by Gasteiger charge is 2.44. The molecule has 0 heterocycles. The van der Waals surface area contributed by atoms with Gasteiger partial charge in [0, 0.05) is 5.56 Å². The van der Waals surface area contributed by atoms with E-state index in [0.29, 0.717) is 6.07 Å². The summed E-state index contributed by atoms with van der Waals surface area (Å²) in [7, 11) is -4.97. The molecule has 31 heavy (non-hydrogen) atoms. The van der Waals surface area contributed by atoms with Gasteiger partial charge in [-0.05, 0) is 23.8 Å². The Morgan fingerprint density at radius 1 is 0.968 bits per heavy atom. The van der Waals surface area contributed by atoms with Crippen LogP contribution in [0.4, 0.5) is 17.6 Å². The largest absolute Gasteiger partial charge is 0.481 e. The molecular weight excluding hydrogens is 440 g/mol. The van der Waals surface area contributed by atoms with Crippen molar-refractivity contribution in [1.29, 1.82) is 0 Å². The van der Waals surface area contributed by atoms with Gasteiger partial charge in [0.05, 0.1) is 4.90 Å². The van der Waals surface area contributed by atoms with Crippen LogP contribution >= 0.6 is 0 Å². The Hall–Kier alpha value is -3.40. The zero-order valence-corrected chi connectivity index (χ0v) is 16.4. The van der Waals surface area contributed by atoms with Crippen molar-refractivity contribution in [2.75, 3.05) is 6.61 Å². The molecule has 0 amide bonds. The summed E-state index contributed by atoms with van der Waals surface area (Å²) in [6.07, 6.45) is -5.38. The summed E-state index contributed by atoms with van der Waals surface area (Å²) >= 11 is 0. The van der Waals surface area contributed by atoms with Crippen molar-refractivity contribution in [3.63, 3.8) is 0 Å². The summed E-state index contributed by atoms with van der Waals surface area (Å²) < 4.78 is 88.1. The number of carbonyl (C=O) groups is 1. The lowest BCUT2D eigenvalue weighted by molar-refractivity contribution is -0.144. The normalized spacial score (nSPS) is 11.9. The maximum absolute atomic E-state index is 15.0. The second-order valence-corrected chi connectivity index (χ2v) is 8.19. The summed E-state index contributed by atoms with van der Waals surface area (Å²) in [4.78, 5) is 8.76. The molecule has 162 valence electrons. The predicted molar refractivity (Wildman–Crippen MR) is 102 cm³/mol. The highest BCUT2D eigenvalue weighted by Crippen LogP contribution is 2.48. The predicted octanol–water partition coefficient (Wildman–Crippen LogP) is 4.81. The molecule has 0 aliphatic heterocycles. The third-order valence-electron chi connectivity index (χ3n) is 4.22. The van der Waals surface area contributed by atoms with Gasteiger partial charge < -0.3 is 9.84 Å². The number of sulfone groups is 1. The van der Waals surface area contributed by atoms with Gasteiger partial charge in [-0.15, -0.1) is 0 Å². The molecule has 0 aliphatic carbocycles. The van der Waals surface area contributed by atoms with Gasteiger partial charge in [-0.3, -0.25) is 0 Å². The van der Waals surface area contributed by atoms with E-state index >= 15 is 4.39 Å². The maximum atomic E-state index is 15.0. The number of halogens is 4. The van der Waals surface area contributed by atoms with Crippen LogP contribution < -0.4 is 4.74 Å². The number of carboxylic acids is 1. The molecule has 0 spiro atoms. The fraction of sp³-hybridized carbons (Fsp3) is 0.0952. The Kier molecular flexibility index (Phi) is 6.03. The van der Waals surface area contributed by atoms with Crippen molar-refractivity contribution in [1.82, 2.24) is 0 Å². The van der Waals surface area contributed by atoms with Crippen molar-refractivity contribution >= 4 is 15.8 Å². The van der Waals surface area contributed by atoms with E-state index in [0.717, 1.165) is 12.1 Å². The second kappa shape index (κ2) is 8.38. The van der Waals surface area contributed by atoms with Gasteiger partial charge in [-0.1, -0.05) is 48.5 Å². The molecule has 10 heteroatoms. The molecule has 5 nitrogen and oxygen atoms in total. The van der Waals surface area contributed by atoms with E-state index in [1.165, 1.54) is 42.5 Å². The van der Waals surface area contributed by atoms with Crippen molar-refractivity contribution in [2.45, 2.75) is 16.0 Å². The molecule has 0 saturated carbocycles. The molecule has 3 aromatic carbocycles. The highest BCUT2D eigenvalue weighted by molar-refractivity contribution is 7.91. The van der Waals surface area contributed by atoms with E-state index in [9.17, 15) is 26.4 Å². The molecule has 0 bridgehead atoms. The fourth-order valence-electron chi connectivity index (χ4n) is 2.97. The number of carboxylic acid groups (broad SMARTS) is 1. The number of hydrogen-bond donors (Lipinski definition) is 1. The zero-order valence-electron chi connectivity index (χ0n) is 15.6. The van der Waals surface area contributed by atoms with Crippen LogP contribution in [0.1, 0.15) is 5.56 Å². The van der Waals surface area contributed by atoms with Crippen LogP contribution in [0, 0.1) is 5.82 Å². The maximum Gasteiger partial charge on any atom is 0.421 e. The van der Waals surface area contributed by atoms with E-state index < -0.39 is 61.1 Å². The molecule has 3 rings (SSSR count). The van der Waals surface area contributed by atoms with Gasteiger partial charge >= 0.3 is 12.1 Å². The lowest BCUT2D eigenvalue weighted by Gasteiger charge is -2.21. The van der Waals surface area contributed by atoms with Gasteiger partial charge in [0.25, 0.3) is 0 Å². The summed E-state index contributed by atoms with van der Waals surface area (Å²) in [6, 6.07) is 13.9. The number of rotatable bonds is 6. The molecule has 0 atom stereocenters. The number of benzene rings is 3. The molecule has 0 aromatic heterocycles. The van der Waals surface area contributed by atoms with E-state index in [-0.39, 0.29) is 5.56 Å². The minimum Gasteiger partial charge on any atom is -0.481 e. The lowest BCUT2D eigenvalue weighted by atomic mass is 10.0. The van der Waals surface area contributed by atoms with Crippen molar-refractivity contribution in [3.05, 3.63) is 78.1 Å². The first-order valence-corrected chi connectivity index (χ1v) is 10.2. The topological polar surface area (TPSA) is 80.7 Å². The van der Waals surface area contributed by atoms with E-state index in [2.05, 4.69) is 0 Å². The van der Waals surface area contributed by atoms with Crippen molar-refractivity contribution < 1.29 is 40.6 Å². The van der Waals surface area contributed by atoms with Gasteiger partial charge in [0.15, 0.2) is 6.61 Å². The van der Waals surface area contributed by atoms with E-state index in [1.54, 1.807) is 6.07 Å². The van der Waals surface area contributed by atoms with Gasteiger partial charge in [0.1, 0.15) is 22.0 Å².